The summed E-state index contributed by atoms with van der Waals surface area (Å²) >= 11 is 0. The van der Waals surface area contributed by atoms with Gasteiger partial charge in [-0.1, -0.05) is 184 Å². The van der Waals surface area contributed by atoms with Crippen LogP contribution in [0.2, 0.25) is 0 Å². The van der Waals surface area contributed by atoms with Crippen molar-refractivity contribution in [2.24, 2.45) is 0 Å². The van der Waals surface area contributed by atoms with Crippen LogP contribution in [0.3, 0.4) is 0 Å². The maximum absolute atomic E-state index is 6.84. The largest absolute Gasteiger partial charge is 0.455 e. The zero-order valence-electron chi connectivity index (χ0n) is 31.2. The first-order valence-corrected chi connectivity index (χ1v) is 19.6. The van der Waals surface area contributed by atoms with Gasteiger partial charge in [0.2, 0.25) is 0 Å². The fraction of sp³-hybridized carbons (Fsp3) is 0.0545. The van der Waals surface area contributed by atoms with Crippen molar-refractivity contribution in [1.29, 1.82) is 0 Å². The minimum atomic E-state index is -0.167. The first-order valence-electron chi connectivity index (χ1n) is 19.6. The Labute approximate surface area is 325 Å². The van der Waals surface area contributed by atoms with Crippen molar-refractivity contribution in [2.75, 3.05) is 0 Å². The van der Waals surface area contributed by atoms with E-state index in [1.54, 1.807) is 0 Å². The molecule has 0 spiro atoms. The summed E-state index contributed by atoms with van der Waals surface area (Å²) in [6, 6.07) is 67.1. The Balaban J connectivity index is 0.989. The summed E-state index contributed by atoms with van der Waals surface area (Å²) in [5, 5.41) is 12.3. The molecule has 12 rings (SSSR count). The quantitative estimate of drug-likeness (QED) is 0.166. The highest BCUT2D eigenvalue weighted by atomic mass is 16.3. The van der Waals surface area contributed by atoms with E-state index in [0.29, 0.717) is 0 Å². The van der Waals surface area contributed by atoms with Crippen LogP contribution >= 0.6 is 0 Å². The van der Waals surface area contributed by atoms with Gasteiger partial charge in [-0.3, -0.25) is 0 Å². The Hall–Kier alpha value is -6.96. The maximum Gasteiger partial charge on any atom is 0.143 e. The molecule has 0 amide bonds. The van der Waals surface area contributed by atoms with Crippen molar-refractivity contribution in [2.45, 2.75) is 19.3 Å². The van der Waals surface area contributed by atoms with E-state index in [-0.39, 0.29) is 5.41 Å². The molecule has 262 valence electrons. The summed E-state index contributed by atoms with van der Waals surface area (Å²) < 4.78 is 6.84. The topological polar surface area (TPSA) is 13.1 Å². The minimum Gasteiger partial charge on any atom is -0.455 e. The molecule has 0 bridgehead atoms. The molecule has 0 fully saturated rings. The zero-order chi connectivity index (χ0) is 37.1. The lowest BCUT2D eigenvalue weighted by Gasteiger charge is -2.22. The van der Waals surface area contributed by atoms with E-state index in [9.17, 15) is 0 Å². The van der Waals surface area contributed by atoms with E-state index >= 15 is 0 Å². The molecule has 10 aromatic carbocycles. The fourth-order valence-corrected chi connectivity index (χ4v) is 9.96. The van der Waals surface area contributed by atoms with Crippen LogP contribution in [-0.2, 0) is 5.41 Å². The predicted molar refractivity (Wildman–Crippen MR) is 238 cm³/mol. The number of furan rings is 1. The van der Waals surface area contributed by atoms with Crippen molar-refractivity contribution < 1.29 is 4.42 Å². The summed E-state index contributed by atoms with van der Waals surface area (Å²) in [6.07, 6.45) is 0. The Bertz CT molecular complexity index is 3370. The van der Waals surface area contributed by atoms with E-state index in [1.807, 2.05) is 0 Å². The van der Waals surface area contributed by atoms with Gasteiger partial charge in [-0.2, -0.15) is 0 Å². The first-order chi connectivity index (χ1) is 27.5. The Morgan fingerprint density at radius 1 is 0.321 bits per heavy atom. The summed E-state index contributed by atoms with van der Waals surface area (Å²) in [4.78, 5) is 0. The van der Waals surface area contributed by atoms with E-state index < -0.39 is 0 Å². The van der Waals surface area contributed by atoms with Crippen LogP contribution in [0.5, 0.6) is 0 Å². The van der Waals surface area contributed by atoms with Crippen LogP contribution in [0, 0.1) is 0 Å². The molecule has 1 aliphatic carbocycles. The average Bonchev–Trinajstić information content (AvgIpc) is 3.75. The molecular weight excluding hydrogens is 677 g/mol. The zero-order valence-corrected chi connectivity index (χ0v) is 31.2. The van der Waals surface area contributed by atoms with Crippen LogP contribution in [0.15, 0.2) is 186 Å². The summed E-state index contributed by atoms with van der Waals surface area (Å²) in [6.45, 7) is 4.71. The average molecular weight is 713 g/mol. The van der Waals surface area contributed by atoms with Crippen LogP contribution < -0.4 is 0 Å². The summed E-state index contributed by atoms with van der Waals surface area (Å²) in [5.74, 6) is 0. The van der Waals surface area contributed by atoms with Crippen LogP contribution in [-0.4, -0.2) is 0 Å². The monoisotopic (exact) mass is 712 g/mol. The van der Waals surface area contributed by atoms with E-state index in [1.165, 1.54) is 104 Å². The third-order valence-corrected chi connectivity index (χ3v) is 12.7. The highest BCUT2D eigenvalue weighted by Crippen LogP contribution is 2.54. The van der Waals surface area contributed by atoms with Gasteiger partial charge in [-0.15, -0.1) is 0 Å². The van der Waals surface area contributed by atoms with Gasteiger partial charge in [0, 0.05) is 27.1 Å². The Kier molecular flexibility index (Phi) is 6.46. The van der Waals surface area contributed by atoms with Crippen molar-refractivity contribution in [1.82, 2.24) is 0 Å². The molecule has 0 saturated heterocycles. The molecule has 1 aliphatic rings. The van der Waals surface area contributed by atoms with Crippen LogP contribution in [0.1, 0.15) is 25.0 Å². The normalized spacial score (nSPS) is 13.3. The number of rotatable bonds is 3. The van der Waals surface area contributed by atoms with Gasteiger partial charge in [-0.25, -0.2) is 0 Å². The van der Waals surface area contributed by atoms with Gasteiger partial charge in [0.1, 0.15) is 11.2 Å². The second-order valence-corrected chi connectivity index (χ2v) is 16.0. The highest BCUT2D eigenvalue weighted by molar-refractivity contribution is 6.24. The SMILES string of the molecule is CC1(C)c2cc(-c3ccc(-c4c5ccccc5c(-c5cccc6ccccc56)c5ccccc45)cc3)ccc2-c2c1ccc1c2oc2c3ccccc3ccc12. The van der Waals surface area contributed by atoms with E-state index in [0.717, 1.165) is 16.6 Å². The molecule has 0 saturated carbocycles. The molecule has 1 nitrogen and oxygen atoms in total. The van der Waals surface area contributed by atoms with Crippen LogP contribution in [0.4, 0.5) is 0 Å². The number of fused-ring (bicyclic) bond motifs is 12. The Morgan fingerprint density at radius 3 is 1.57 bits per heavy atom. The lowest BCUT2D eigenvalue weighted by Crippen LogP contribution is -2.14. The fourth-order valence-electron chi connectivity index (χ4n) is 9.96. The molecule has 0 radical (unpaired) electrons. The maximum atomic E-state index is 6.84. The van der Waals surface area contributed by atoms with E-state index in [4.69, 9.17) is 4.42 Å². The number of benzene rings is 10. The lowest BCUT2D eigenvalue weighted by molar-refractivity contribution is 0.654. The van der Waals surface area contributed by atoms with Gasteiger partial charge < -0.3 is 4.42 Å². The van der Waals surface area contributed by atoms with E-state index in [2.05, 4.69) is 196 Å². The second kappa shape index (κ2) is 11.5. The standard InChI is InChI=1S/C55H36O/c1-55(2)48-31-30-46-45-28-26-35-13-4-6-16-39(35)53(45)56-54(46)52(48)47-29-27-37(32-49(47)55)33-22-24-36(25-23-33)50-41-17-7-9-19-43(41)51(44-20-10-8-18-42(44)50)40-21-11-14-34-12-3-5-15-38(34)40/h3-32H,1-2H3. The molecule has 0 unspecified atom stereocenters. The van der Waals surface area contributed by atoms with Crippen molar-refractivity contribution in [3.8, 4) is 44.5 Å². The number of hydrogen-bond acceptors (Lipinski definition) is 1. The third kappa shape index (κ3) is 4.31. The molecule has 0 aliphatic heterocycles. The smallest absolute Gasteiger partial charge is 0.143 e. The minimum absolute atomic E-state index is 0.167. The van der Waals surface area contributed by atoms with Gasteiger partial charge in [0.25, 0.3) is 0 Å². The van der Waals surface area contributed by atoms with Gasteiger partial charge in [0.15, 0.2) is 0 Å². The Morgan fingerprint density at radius 2 is 0.857 bits per heavy atom. The molecule has 11 aromatic rings. The summed E-state index contributed by atoms with van der Waals surface area (Å²) in [7, 11) is 0. The van der Waals surface area contributed by atoms with Crippen molar-refractivity contribution in [3.63, 3.8) is 0 Å². The molecule has 1 heterocycles. The van der Waals surface area contributed by atoms with Gasteiger partial charge >= 0.3 is 0 Å². The third-order valence-electron chi connectivity index (χ3n) is 12.7. The first kappa shape index (κ1) is 31.4. The molecule has 1 heteroatoms. The predicted octanol–water partition coefficient (Wildman–Crippen LogP) is 15.5. The van der Waals surface area contributed by atoms with Crippen molar-refractivity contribution >= 4 is 65.0 Å². The highest BCUT2D eigenvalue weighted by Gasteiger charge is 2.38. The molecule has 56 heavy (non-hydrogen) atoms. The van der Waals surface area contributed by atoms with Gasteiger partial charge in [0.05, 0.1) is 0 Å². The lowest BCUT2D eigenvalue weighted by atomic mass is 9.81. The van der Waals surface area contributed by atoms with Gasteiger partial charge in [-0.05, 0) is 99.9 Å². The molecule has 0 N–H and O–H groups in total. The molecular formula is C55H36O. The van der Waals surface area contributed by atoms with Crippen LogP contribution in [0.25, 0.3) is 110 Å². The van der Waals surface area contributed by atoms with Crippen molar-refractivity contribution in [3.05, 3.63) is 193 Å². The number of hydrogen-bond donors (Lipinski definition) is 0. The second-order valence-electron chi connectivity index (χ2n) is 16.0. The summed E-state index contributed by atoms with van der Waals surface area (Å²) in [5.41, 5.74) is 14.5. The molecule has 1 aromatic heterocycles. The molecule has 0 atom stereocenters.